The second kappa shape index (κ2) is 7.26. The standard InChI is InChI=1S/C17H18N2O3/c1-12-5-3-4-6-15(12)19-17(21)11-16(20)18-13-7-9-14(22-2)10-8-13/h3-10H,11H2,1-2H3,(H,18,20)(H,19,21). The lowest BCUT2D eigenvalue weighted by Gasteiger charge is -2.09. The molecule has 0 aromatic heterocycles. The van der Waals surface area contributed by atoms with Crippen LogP contribution in [0.25, 0.3) is 0 Å². The summed E-state index contributed by atoms with van der Waals surface area (Å²) in [5.41, 5.74) is 2.28. The zero-order chi connectivity index (χ0) is 15.9. The Balaban J connectivity index is 1.88. The normalized spacial score (nSPS) is 9.91. The molecule has 0 aliphatic heterocycles. The van der Waals surface area contributed by atoms with Crippen LogP contribution in [0.4, 0.5) is 11.4 Å². The molecule has 0 aliphatic rings. The van der Waals surface area contributed by atoms with Gasteiger partial charge in [-0.1, -0.05) is 18.2 Å². The molecule has 0 spiro atoms. The number of nitrogens with one attached hydrogen (secondary N) is 2. The SMILES string of the molecule is COc1ccc(NC(=O)CC(=O)Nc2ccccc2C)cc1. The largest absolute Gasteiger partial charge is 0.497 e. The summed E-state index contributed by atoms with van der Waals surface area (Å²) >= 11 is 0. The third-order valence-corrected chi connectivity index (χ3v) is 3.11. The van der Waals surface area contributed by atoms with Gasteiger partial charge in [0.2, 0.25) is 11.8 Å². The Hall–Kier alpha value is -2.82. The molecule has 5 nitrogen and oxygen atoms in total. The van der Waals surface area contributed by atoms with Crippen LogP contribution in [0, 0.1) is 6.92 Å². The van der Waals surface area contributed by atoms with Crippen LogP contribution in [0.3, 0.4) is 0 Å². The van der Waals surface area contributed by atoms with E-state index in [1.54, 1.807) is 37.4 Å². The molecule has 0 unspecified atom stereocenters. The summed E-state index contributed by atoms with van der Waals surface area (Å²) in [4.78, 5) is 23.7. The third-order valence-electron chi connectivity index (χ3n) is 3.11. The average molecular weight is 298 g/mol. The first-order valence-corrected chi connectivity index (χ1v) is 6.88. The molecule has 0 fully saturated rings. The van der Waals surface area contributed by atoms with Crippen molar-refractivity contribution in [1.82, 2.24) is 0 Å². The molecule has 114 valence electrons. The quantitative estimate of drug-likeness (QED) is 0.834. The fourth-order valence-corrected chi connectivity index (χ4v) is 1.93. The van der Waals surface area contributed by atoms with Gasteiger partial charge in [-0.3, -0.25) is 9.59 Å². The maximum Gasteiger partial charge on any atom is 0.233 e. The van der Waals surface area contributed by atoms with Crippen molar-refractivity contribution in [2.75, 3.05) is 17.7 Å². The maximum atomic E-state index is 11.9. The van der Waals surface area contributed by atoms with Crippen molar-refractivity contribution in [3.8, 4) is 5.75 Å². The molecule has 0 radical (unpaired) electrons. The number of amides is 2. The Labute approximate surface area is 129 Å². The number of carbonyl (C=O) groups excluding carboxylic acids is 2. The summed E-state index contributed by atoms with van der Waals surface area (Å²) in [5.74, 6) is -0.00754. The number of anilines is 2. The van der Waals surface area contributed by atoms with E-state index < -0.39 is 0 Å². The number of ether oxygens (including phenoxy) is 1. The molecule has 2 aromatic carbocycles. The summed E-state index contributed by atoms with van der Waals surface area (Å²) in [6, 6.07) is 14.3. The van der Waals surface area contributed by atoms with Crippen molar-refractivity contribution in [3.05, 3.63) is 54.1 Å². The first-order chi connectivity index (χ1) is 10.6. The predicted octanol–water partition coefficient (Wildman–Crippen LogP) is 2.97. The average Bonchev–Trinajstić information content (AvgIpc) is 2.50. The fourth-order valence-electron chi connectivity index (χ4n) is 1.93. The Bertz CT molecular complexity index is 666. The van der Waals surface area contributed by atoms with Crippen molar-refractivity contribution < 1.29 is 14.3 Å². The van der Waals surface area contributed by atoms with E-state index in [1.807, 2.05) is 25.1 Å². The Morgan fingerprint density at radius 1 is 0.955 bits per heavy atom. The highest BCUT2D eigenvalue weighted by molar-refractivity contribution is 6.08. The minimum Gasteiger partial charge on any atom is -0.497 e. The van der Waals surface area contributed by atoms with Crippen molar-refractivity contribution in [1.29, 1.82) is 0 Å². The molecule has 2 amide bonds. The fraction of sp³-hybridized carbons (Fsp3) is 0.176. The Morgan fingerprint density at radius 3 is 2.23 bits per heavy atom. The first-order valence-electron chi connectivity index (χ1n) is 6.88. The van der Waals surface area contributed by atoms with Gasteiger partial charge in [-0.25, -0.2) is 0 Å². The third kappa shape index (κ3) is 4.34. The van der Waals surface area contributed by atoms with Crippen LogP contribution in [0.15, 0.2) is 48.5 Å². The Morgan fingerprint density at radius 2 is 1.59 bits per heavy atom. The predicted molar refractivity (Wildman–Crippen MR) is 86.0 cm³/mol. The second-order valence-electron chi connectivity index (χ2n) is 4.82. The number of para-hydroxylation sites is 1. The molecule has 2 aromatic rings. The van der Waals surface area contributed by atoms with Gasteiger partial charge in [0.15, 0.2) is 0 Å². The van der Waals surface area contributed by atoms with Gasteiger partial charge in [0.1, 0.15) is 12.2 Å². The lowest BCUT2D eigenvalue weighted by atomic mass is 10.2. The van der Waals surface area contributed by atoms with Gasteiger partial charge in [-0.05, 0) is 42.8 Å². The highest BCUT2D eigenvalue weighted by Gasteiger charge is 2.10. The zero-order valence-electron chi connectivity index (χ0n) is 12.6. The molecule has 22 heavy (non-hydrogen) atoms. The molecule has 2 N–H and O–H groups in total. The molecule has 5 heteroatoms. The van der Waals surface area contributed by atoms with Gasteiger partial charge < -0.3 is 15.4 Å². The van der Waals surface area contributed by atoms with E-state index in [2.05, 4.69) is 10.6 Å². The molecule has 0 aliphatic carbocycles. The van der Waals surface area contributed by atoms with Crippen molar-refractivity contribution in [2.24, 2.45) is 0 Å². The van der Waals surface area contributed by atoms with Gasteiger partial charge in [0.25, 0.3) is 0 Å². The van der Waals surface area contributed by atoms with E-state index in [9.17, 15) is 9.59 Å². The minimum absolute atomic E-state index is 0.236. The number of hydrogen-bond acceptors (Lipinski definition) is 3. The number of rotatable bonds is 5. The smallest absolute Gasteiger partial charge is 0.233 e. The van der Waals surface area contributed by atoms with Gasteiger partial charge in [0.05, 0.1) is 7.11 Å². The molecule has 0 bridgehead atoms. The highest BCUT2D eigenvalue weighted by Crippen LogP contribution is 2.16. The van der Waals surface area contributed by atoms with Gasteiger partial charge in [-0.15, -0.1) is 0 Å². The van der Waals surface area contributed by atoms with E-state index in [0.29, 0.717) is 17.1 Å². The van der Waals surface area contributed by atoms with E-state index >= 15 is 0 Å². The van der Waals surface area contributed by atoms with Crippen LogP contribution in [-0.4, -0.2) is 18.9 Å². The molecule has 0 saturated heterocycles. The van der Waals surface area contributed by atoms with E-state index in [4.69, 9.17) is 4.74 Å². The number of carbonyl (C=O) groups is 2. The molecular weight excluding hydrogens is 280 g/mol. The van der Waals surface area contributed by atoms with E-state index in [1.165, 1.54) is 0 Å². The first kappa shape index (κ1) is 15.6. The lowest BCUT2D eigenvalue weighted by molar-refractivity contribution is -0.123. The van der Waals surface area contributed by atoms with Crippen LogP contribution in [0.1, 0.15) is 12.0 Å². The second-order valence-corrected chi connectivity index (χ2v) is 4.82. The lowest BCUT2D eigenvalue weighted by Crippen LogP contribution is -2.21. The van der Waals surface area contributed by atoms with E-state index in [0.717, 1.165) is 5.56 Å². The topological polar surface area (TPSA) is 67.4 Å². The van der Waals surface area contributed by atoms with Gasteiger partial charge in [-0.2, -0.15) is 0 Å². The zero-order valence-corrected chi connectivity index (χ0v) is 12.6. The van der Waals surface area contributed by atoms with Crippen molar-refractivity contribution in [2.45, 2.75) is 13.3 Å². The number of benzene rings is 2. The molecule has 0 saturated carbocycles. The molecular formula is C17H18N2O3. The van der Waals surface area contributed by atoms with Crippen LogP contribution < -0.4 is 15.4 Å². The summed E-state index contributed by atoms with van der Waals surface area (Å²) < 4.78 is 5.04. The summed E-state index contributed by atoms with van der Waals surface area (Å²) in [5, 5.41) is 5.39. The summed E-state index contributed by atoms with van der Waals surface area (Å²) in [6.45, 7) is 1.90. The monoisotopic (exact) mass is 298 g/mol. The number of hydrogen-bond donors (Lipinski definition) is 2. The molecule has 0 atom stereocenters. The van der Waals surface area contributed by atoms with Crippen molar-refractivity contribution in [3.63, 3.8) is 0 Å². The van der Waals surface area contributed by atoms with Crippen molar-refractivity contribution >= 4 is 23.2 Å². The minimum atomic E-state index is -0.365. The van der Waals surface area contributed by atoms with E-state index in [-0.39, 0.29) is 18.2 Å². The van der Waals surface area contributed by atoms with Gasteiger partial charge in [0, 0.05) is 11.4 Å². The Kier molecular flexibility index (Phi) is 5.14. The highest BCUT2D eigenvalue weighted by atomic mass is 16.5. The molecule has 2 rings (SSSR count). The van der Waals surface area contributed by atoms with Gasteiger partial charge >= 0.3 is 0 Å². The molecule has 0 heterocycles. The van der Waals surface area contributed by atoms with Crippen LogP contribution in [0.2, 0.25) is 0 Å². The summed E-state index contributed by atoms with van der Waals surface area (Å²) in [6.07, 6.45) is -0.236. The maximum absolute atomic E-state index is 11.9. The number of aryl methyl sites for hydroxylation is 1. The summed E-state index contributed by atoms with van der Waals surface area (Å²) in [7, 11) is 1.57. The van der Waals surface area contributed by atoms with Crippen LogP contribution in [0.5, 0.6) is 5.75 Å². The number of methoxy groups -OCH3 is 1. The van der Waals surface area contributed by atoms with Crippen LogP contribution >= 0.6 is 0 Å². The van der Waals surface area contributed by atoms with Crippen LogP contribution in [-0.2, 0) is 9.59 Å².